The van der Waals surface area contributed by atoms with E-state index in [9.17, 15) is 14.7 Å². The predicted molar refractivity (Wildman–Crippen MR) is 129 cm³/mol. The van der Waals surface area contributed by atoms with Crippen LogP contribution in [-0.2, 0) is 11.2 Å². The van der Waals surface area contributed by atoms with Gasteiger partial charge in [-0.05, 0) is 66.5 Å². The second-order valence-electron chi connectivity index (χ2n) is 8.53. The number of likely N-dealkylation sites (tertiary alicyclic amines) is 1. The number of amides is 1. The summed E-state index contributed by atoms with van der Waals surface area (Å²) in [7, 11) is 0. The van der Waals surface area contributed by atoms with Crippen LogP contribution in [0.1, 0.15) is 35.2 Å². The summed E-state index contributed by atoms with van der Waals surface area (Å²) >= 11 is 0. The van der Waals surface area contributed by atoms with Crippen LogP contribution in [0.2, 0.25) is 0 Å². The summed E-state index contributed by atoms with van der Waals surface area (Å²) in [4.78, 5) is 26.9. The number of hydrogen-bond donors (Lipinski definition) is 2. The molecule has 4 rings (SSSR count). The van der Waals surface area contributed by atoms with Gasteiger partial charge in [0.15, 0.2) is 0 Å². The second kappa shape index (κ2) is 11.0. The van der Waals surface area contributed by atoms with Gasteiger partial charge in [-0.25, -0.2) is 4.79 Å². The van der Waals surface area contributed by atoms with Gasteiger partial charge in [0.2, 0.25) is 0 Å². The average Bonchev–Trinajstić information content (AvgIpc) is 2.84. The van der Waals surface area contributed by atoms with Crippen molar-refractivity contribution in [3.05, 3.63) is 77.9 Å². The molecule has 1 amide bonds. The van der Waals surface area contributed by atoms with Crippen LogP contribution in [0.15, 0.2) is 66.7 Å². The number of carboxylic acid groups (broad SMARTS) is 1. The van der Waals surface area contributed by atoms with E-state index in [4.69, 9.17) is 4.74 Å². The number of carboxylic acids is 1. The molecule has 0 aliphatic carbocycles. The Bertz CT molecular complexity index is 1090. The van der Waals surface area contributed by atoms with Crippen molar-refractivity contribution in [1.29, 1.82) is 0 Å². The maximum atomic E-state index is 12.7. The number of aliphatic carboxylic acids is 1. The number of hydrogen-bond acceptors (Lipinski definition) is 4. The number of nitrogens with zero attached hydrogens (tertiary/aromatic N) is 1. The molecule has 6 heteroatoms. The summed E-state index contributed by atoms with van der Waals surface area (Å²) in [5, 5.41) is 14.1. The topological polar surface area (TPSA) is 78.9 Å². The Morgan fingerprint density at radius 1 is 0.939 bits per heavy atom. The van der Waals surface area contributed by atoms with Crippen molar-refractivity contribution >= 4 is 22.6 Å². The van der Waals surface area contributed by atoms with Crippen molar-refractivity contribution in [2.75, 3.05) is 26.2 Å². The number of benzene rings is 3. The molecule has 1 atom stereocenters. The summed E-state index contributed by atoms with van der Waals surface area (Å²) in [6.45, 7) is 3.90. The third-order valence-corrected chi connectivity index (χ3v) is 6.08. The first-order valence-corrected chi connectivity index (χ1v) is 11.5. The van der Waals surface area contributed by atoms with Gasteiger partial charge < -0.3 is 15.2 Å². The standard InChI is InChI=1S/C27H30N2O4/c30-26(28-25(27(31)32)17-20-7-3-1-4-8-20)23-10-9-22-19-24(12-11-21(22)18-23)33-16-15-29-13-5-2-6-14-29/h1,3-4,7-12,18-19,25H,2,5-6,13-17H2,(H,28,30)(H,31,32). The van der Waals surface area contributed by atoms with Gasteiger partial charge in [0.1, 0.15) is 18.4 Å². The smallest absolute Gasteiger partial charge is 0.326 e. The van der Waals surface area contributed by atoms with Crippen molar-refractivity contribution in [2.45, 2.75) is 31.7 Å². The Labute approximate surface area is 194 Å². The number of fused-ring (bicyclic) bond motifs is 1. The molecule has 3 aromatic carbocycles. The van der Waals surface area contributed by atoms with Crippen molar-refractivity contribution in [3.8, 4) is 5.75 Å². The van der Waals surface area contributed by atoms with Crippen molar-refractivity contribution in [2.24, 2.45) is 0 Å². The quantitative estimate of drug-likeness (QED) is 0.517. The molecule has 1 saturated heterocycles. The highest BCUT2D eigenvalue weighted by Crippen LogP contribution is 2.22. The van der Waals surface area contributed by atoms with Crippen molar-refractivity contribution in [3.63, 3.8) is 0 Å². The van der Waals surface area contributed by atoms with Gasteiger partial charge in [0, 0.05) is 18.5 Å². The minimum Gasteiger partial charge on any atom is -0.492 e. The van der Waals surface area contributed by atoms with E-state index in [-0.39, 0.29) is 6.42 Å². The monoisotopic (exact) mass is 446 g/mol. The summed E-state index contributed by atoms with van der Waals surface area (Å²) in [6, 6.07) is 19.5. The summed E-state index contributed by atoms with van der Waals surface area (Å²) in [6.07, 6.45) is 4.09. The molecule has 1 fully saturated rings. The van der Waals surface area contributed by atoms with Gasteiger partial charge in [0.25, 0.3) is 5.91 Å². The summed E-state index contributed by atoms with van der Waals surface area (Å²) in [5.74, 6) is -0.646. The van der Waals surface area contributed by atoms with E-state index in [0.717, 1.165) is 41.7 Å². The zero-order valence-electron chi connectivity index (χ0n) is 18.7. The van der Waals surface area contributed by atoms with E-state index in [1.165, 1.54) is 19.3 Å². The Morgan fingerprint density at radius 3 is 2.42 bits per heavy atom. The molecule has 1 unspecified atom stereocenters. The molecule has 1 heterocycles. The molecule has 3 aromatic rings. The fourth-order valence-corrected chi connectivity index (χ4v) is 4.22. The van der Waals surface area contributed by atoms with E-state index >= 15 is 0 Å². The fraction of sp³-hybridized carbons (Fsp3) is 0.333. The third kappa shape index (κ3) is 6.33. The van der Waals surface area contributed by atoms with Crippen LogP contribution in [-0.4, -0.2) is 54.2 Å². The van der Waals surface area contributed by atoms with E-state index in [1.54, 1.807) is 12.1 Å². The first-order chi connectivity index (χ1) is 16.1. The van der Waals surface area contributed by atoms with Crippen LogP contribution in [0, 0.1) is 0 Å². The molecule has 172 valence electrons. The van der Waals surface area contributed by atoms with Crippen LogP contribution >= 0.6 is 0 Å². The lowest BCUT2D eigenvalue weighted by Crippen LogP contribution is -2.42. The number of rotatable bonds is 9. The van der Waals surface area contributed by atoms with Crippen LogP contribution in [0.5, 0.6) is 5.75 Å². The lowest BCUT2D eigenvalue weighted by molar-refractivity contribution is -0.139. The zero-order valence-corrected chi connectivity index (χ0v) is 18.7. The molecule has 33 heavy (non-hydrogen) atoms. The fourth-order valence-electron chi connectivity index (χ4n) is 4.22. The van der Waals surface area contributed by atoms with Crippen molar-refractivity contribution in [1.82, 2.24) is 10.2 Å². The minimum atomic E-state index is -1.06. The highest BCUT2D eigenvalue weighted by Gasteiger charge is 2.21. The molecule has 0 radical (unpaired) electrons. The van der Waals surface area contributed by atoms with Gasteiger partial charge >= 0.3 is 5.97 Å². The summed E-state index contributed by atoms with van der Waals surface area (Å²) in [5.41, 5.74) is 1.29. The first kappa shape index (κ1) is 22.8. The van der Waals surface area contributed by atoms with Gasteiger partial charge in [-0.1, -0.05) is 48.9 Å². The number of piperidine rings is 1. The van der Waals surface area contributed by atoms with E-state index < -0.39 is 17.9 Å². The zero-order chi connectivity index (χ0) is 23.0. The third-order valence-electron chi connectivity index (χ3n) is 6.08. The Balaban J connectivity index is 1.37. The molecule has 0 aromatic heterocycles. The molecule has 0 bridgehead atoms. The maximum Gasteiger partial charge on any atom is 0.326 e. The molecule has 2 N–H and O–H groups in total. The Morgan fingerprint density at radius 2 is 1.67 bits per heavy atom. The van der Waals surface area contributed by atoms with E-state index in [0.29, 0.717) is 12.2 Å². The largest absolute Gasteiger partial charge is 0.492 e. The van der Waals surface area contributed by atoms with Crippen LogP contribution in [0.25, 0.3) is 10.8 Å². The van der Waals surface area contributed by atoms with Crippen molar-refractivity contribution < 1.29 is 19.4 Å². The van der Waals surface area contributed by atoms with Crippen LogP contribution in [0.4, 0.5) is 0 Å². The van der Waals surface area contributed by atoms with E-state index in [2.05, 4.69) is 10.2 Å². The molecular weight excluding hydrogens is 416 g/mol. The molecule has 1 aliphatic heterocycles. The number of ether oxygens (including phenoxy) is 1. The van der Waals surface area contributed by atoms with Crippen LogP contribution in [0.3, 0.4) is 0 Å². The Kier molecular flexibility index (Phi) is 7.58. The molecule has 0 saturated carbocycles. The molecule has 1 aliphatic rings. The van der Waals surface area contributed by atoms with E-state index in [1.807, 2.05) is 54.6 Å². The number of carbonyl (C=O) groups is 2. The second-order valence-corrected chi connectivity index (χ2v) is 8.53. The summed E-state index contributed by atoms with van der Waals surface area (Å²) < 4.78 is 5.94. The van der Waals surface area contributed by atoms with Gasteiger partial charge in [-0.3, -0.25) is 9.69 Å². The highest BCUT2D eigenvalue weighted by molar-refractivity contribution is 6.00. The first-order valence-electron chi connectivity index (χ1n) is 11.5. The highest BCUT2D eigenvalue weighted by atomic mass is 16.5. The molecular formula is C27H30N2O4. The molecule has 0 spiro atoms. The molecule has 6 nitrogen and oxygen atoms in total. The average molecular weight is 447 g/mol. The maximum absolute atomic E-state index is 12.7. The van der Waals surface area contributed by atoms with Gasteiger partial charge in [-0.15, -0.1) is 0 Å². The number of carbonyl (C=O) groups excluding carboxylic acids is 1. The SMILES string of the molecule is O=C(NC(Cc1ccccc1)C(=O)O)c1ccc2cc(OCCN3CCCCC3)ccc2c1. The predicted octanol–water partition coefficient (Wildman–Crippen LogP) is 4.13. The van der Waals surface area contributed by atoms with Gasteiger partial charge in [0.05, 0.1) is 0 Å². The lowest BCUT2D eigenvalue weighted by atomic mass is 10.0. The Hall–Kier alpha value is -3.38. The number of nitrogens with one attached hydrogen (secondary N) is 1. The normalized spacial score (nSPS) is 15.2. The van der Waals surface area contributed by atoms with Crippen LogP contribution < -0.4 is 10.1 Å². The lowest BCUT2D eigenvalue weighted by Gasteiger charge is -2.26. The van der Waals surface area contributed by atoms with Gasteiger partial charge in [-0.2, -0.15) is 0 Å². The minimum absolute atomic E-state index is 0.230.